The topological polar surface area (TPSA) is 45.0 Å². The molecule has 4 nitrogen and oxygen atoms in total. The summed E-state index contributed by atoms with van der Waals surface area (Å²) in [5.41, 5.74) is 3.02. The zero-order valence-corrected chi connectivity index (χ0v) is 13.2. The molecule has 1 heterocycles. The number of pyridine rings is 1. The zero-order chi connectivity index (χ0) is 15.9. The van der Waals surface area contributed by atoms with Crippen molar-refractivity contribution in [1.29, 1.82) is 0 Å². The molecule has 0 saturated carbocycles. The molecular weight excluding hydrogens is 286 g/mol. The average Bonchev–Trinajstić information content (AvgIpc) is 2.58. The van der Waals surface area contributed by atoms with E-state index in [0.29, 0.717) is 6.54 Å². The van der Waals surface area contributed by atoms with Gasteiger partial charge in [-0.05, 0) is 37.8 Å². The van der Waals surface area contributed by atoms with Crippen molar-refractivity contribution in [2.75, 3.05) is 10.6 Å². The second-order valence-corrected chi connectivity index (χ2v) is 5.74. The summed E-state index contributed by atoms with van der Waals surface area (Å²) in [5.74, 6) is -0.0342. The van der Waals surface area contributed by atoms with E-state index in [1.807, 2.05) is 59.4 Å². The fourth-order valence-electron chi connectivity index (χ4n) is 2.72. The van der Waals surface area contributed by atoms with Crippen molar-refractivity contribution >= 4 is 17.3 Å². The molecule has 0 unspecified atom stereocenters. The monoisotopic (exact) mass is 308 g/mol. The lowest BCUT2D eigenvalue weighted by atomic mass is 10.0. The summed E-state index contributed by atoms with van der Waals surface area (Å²) in [6.07, 6.45) is 10.7. The Bertz CT molecular complexity index is 695. The lowest BCUT2D eigenvalue weighted by Crippen LogP contribution is -2.39. The van der Waals surface area contributed by atoms with Crippen LogP contribution in [-0.2, 0) is 11.3 Å². The van der Waals surface area contributed by atoms with Gasteiger partial charge in [-0.3, -0.25) is 4.79 Å². The number of anilines is 2. The highest BCUT2D eigenvalue weighted by Gasteiger charge is 2.12. The van der Waals surface area contributed by atoms with Crippen LogP contribution in [0.1, 0.15) is 25.7 Å². The SMILES string of the molecule is O=C(C[n+]1ccccc1)Nc1ccccc1NC1=CCCCC1. The molecule has 4 heteroatoms. The van der Waals surface area contributed by atoms with Crippen LogP contribution in [0, 0.1) is 0 Å². The number of hydrogen-bond donors (Lipinski definition) is 2. The molecule has 0 spiro atoms. The molecule has 1 aromatic heterocycles. The van der Waals surface area contributed by atoms with E-state index < -0.39 is 0 Å². The third-order valence-corrected chi connectivity index (χ3v) is 3.89. The number of para-hydroxylation sites is 2. The first-order valence-corrected chi connectivity index (χ1v) is 8.10. The van der Waals surface area contributed by atoms with Gasteiger partial charge < -0.3 is 10.6 Å². The first-order valence-electron chi connectivity index (χ1n) is 8.10. The largest absolute Gasteiger partial charge is 0.358 e. The van der Waals surface area contributed by atoms with Gasteiger partial charge in [-0.2, -0.15) is 4.57 Å². The summed E-state index contributed by atoms with van der Waals surface area (Å²) in [4.78, 5) is 12.3. The molecule has 0 saturated heterocycles. The average molecular weight is 308 g/mol. The second-order valence-electron chi connectivity index (χ2n) is 5.74. The Kier molecular flexibility index (Phi) is 5.04. The summed E-state index contributed by atoms with van der Waals surface area (Å²) in [5, 5.41) is 6.46. The quantitative estimate of drug-likeness (QED) is 0.831. The number of nitrogens with zero attached hydrogens (tertiary/aromatic N) is 1. The summed E-state index contributed by atoms with van der Waals surface area (Å²) in [7, 11) is 0. The van der Waals surface area contributed by atoms with E-state index >= 15 is 0 Å². The molecule has 1 amide bonds. The van der Waals surface area contributed by atoms with E-state index in [1.54, 1.807) is 0 Å². The number of carbonyl (C=O) groups excluding carboxylic acids is 1. The number of nitrogens with one attached hydrogen (secondary N) is 2. The predicted octanol–water partition coefficient (Wildman–Crippen LogP) is 3.48. The number of carbonyl (C=O) groups is 1. The van der Waals surface area contributed by atoms with Crippen molar-refractivity contribution < 1.29 is 9.36 Å². The lowest BCUT2D eigenvalue weighted by Gasteiger charge is -2.17. The Morgan fingerprint density at radius 2 is 1.78 bits per heavy atom. The van der Waals surface area contributed by atoms with Gasteiger partial charge in [0.05, 0.1) is 11.4 Å². The van der Waals surface area contributed by atoms with Crippen LogP contribution < -0.4 is 15.2 Å². The van der Waals surface area contributed by atoms with Crippen molar-refractivity contribution in [3.8, 4) is 0 Å². The molecule has 118 valence electrons. The number of rotatable bonds is 5. The molecule has 3 rings (SSSR count). The van der Waals surface area contributed by atoms with E-state index in [0.717, 1.165) is 24.2 Å². The molecule has 1 aromatic carbocycles. The van der Waals surface area contributed by atoms with Crippen LogP contribution in [0.4, 0.5) is 11.4 Å². The van der Waals surface area contributed by atoms with Crippen LogP contribution in [0.25, 0.3) is 0 Å². The summed E-state index contributed by atoms with van der Waals surface area (Å²) < 4.78 is 1.86. The minimum absolute atomic E-state index is 0.0342. The molecule has 23 heavy (non-hydrogen) atoms. The van der Waals surface area contributed by atoms with Crippen molar-refractivity contribution in [3.63, 3.8) is 0 Å². The van der Waals surface area contributed by atoms with Crippen molar-refractivity contribution in [2.24, 2.45) is 0 Å². The lowest BCUT2D eigenvalue weighted by molar-refractivity contribution is -0.684. The van der Waals surface area contributed by atoms with Gasteiger partial charge in [-0.1, -0.05) is 24.3 Å². The fraction of sp³-hybridized carbons (Fsp3) is 0.263. The number of allylic oxidation sites excluding steroid dienone is 2. The van der Waals surface area contributed by atoms with Gasteiger partial charge in [0.2, 0.25) is 6.54 Å². The van der Waals surface area contributed by atoms with Crippen molar-refractivity contribution in [2.45, 2.75) is 32.2 Å². The van der Waals surface area contributed by atoms with Crippen LogP contribution >= 0.6 is 0 Å². The highest BCUT2D eigenvalue weighted by Crippen LogP contribution is 2.26. The molecule has 0 radical (unpaired) electrons. The van der Waals surface area contributed by atoms with E-state index in [4.69, 9.17) is 0 Å². The highest BCUT2D eigenvalue weighted by molar-refractivity contribution is 5.93. The molecule has 0 atom stereocenters. The van der Waals surface area contributed by atoms with Crippen LogP contribution in [-0.4, -0.2) is 5.91 Å². The Morgan fingerprint density at radius 3 is 2.52 bits per heavy atom. The van der Waals surface area contributed by atoms with E-state index in [9.17, 15) is 4.79 Å². The summed E-state index contributed by atoms with van der Waals surface area (Å²) >= 11 is 0. The Labute approximate surface area is 136 Å². The molecule has 1 aliphatic carbocycles. The van der Waals surface area contributed by atoms with Crippen molar-refractivity contribution in [3.05, 3.63) is 66.6 Å². The maximum Gasteiger partial charge on any atom is 0.290 e. The van der Waals surface area contributed by atoms with E-state index in [1.165, 1.54) is 18.5 Å². The third kappa shape index (κ3) is 4.42. The molecule has 2 aromatic rings. The Morgan fingerprint density at radius 1 is 1.00 bits per heavy atom. The molecular formula is C19H22N3O+. The fourth-order valence-corrected chi connectivity index (χ4v) is 2.72. The third-order valence-electron chi connectivity index (χ3n) is 3.89. The number of benzene rings is 1. The predicted molar refractivity (Wildman–Crippen MR) is 91.9 cm³/mol. The van der Waals surface area contributed by atoms with Gasteiger partial charge in [-0.15, -0.1) is 0 Å². The van der Waals surface area contributed by atoms with E-state index in [-0.39, 0.29) is 5.91 Å². The first kappa shape index (κ1) is 15.3. The molecule has 2 N–H and O–H groups in total. The van der Waals surface area contributed by atoms with Gasteiger partial charge in [0, 0.05) is 17.8 Å². The zero-order valence-electron chi connectivity index (χ0n) is 13.2. The Balaban J connectivity index is 1.67. The maximum atomic E-state index is 12.3. The van der Waals surface area contributed by atoms with Crippen LogP contribution in [0.5, 0.6) is 0 Å². The maximum absolute atomic E-state index is 12.3. The van der Waals surface area contributed by atoms with Crippen LogP contribution in [0.2, 0.25) is 0 Å². The smallest absolute Gasteiger partial charge is 0.290 e. The number of aromatic nitrogens is 1. The van der Waals surface area contributed by atoms with Gasteiger partial charge in [0.15, 0.2) is 12.4 Å². The first-order chi connectivity index (χ1) is 11.3. The van der Waals surface area contributed by atoms with Gasteiger partial charge in [-0.25, -0.2) is 0 Å². The van der Waals surface area contributed by atoms with Crippen molar-refractivity contribution in [1.82, 2.24) is 0 Å². The van der Waals surface area contributed by atoms with Gasteiger partial charge >= 0.3 is 0 Å². The minimum atomic E-state index is -0.0342. The number of hydrogen-bond acceptors (Lipinski definition) is 2. The van der Waals surface area contributed by atoms with Crippen LogP contribution in [0.15, 0.2) is 66.6 Å². The molecule has 0 aliphatic heterocycles. The molecule has 1 aliphatic rings. The minimum Gasteiger partial charge on any atom is -0.358 e. The van der Waals surface area contributed by atoms with Gasteiger partial charge in [0.1, 0.15) is 0 Å². The van der Waals surface area contributed by atoms with Gasteiger partial charge in [0.25, 0.3) is 5.91 Å². The highest BCUT2D eigenvalue weighted by atomic mass is 16.1. The Hall–Kier alpha value is -2.62. The summed E-state index contributed by atoms with van der Waals surface area (Å²) in [6, 6.07) is 13.6. The standard InChI is InChI=1S/C19H21N3O/c23-19(15-22-13-7-2-8-14-22)21-18-12-6-5-11-17(18)20-16-9-3-1-4-10-16/h2,5-9,11-14,20H,1,3-4,10,15H2/p+1. The molecule has 0 fully saturated rings. The number of amides is 1. The molecule has 0 bridgehead atoms. The normalized spacial score (nSPS) is 14.0. The van der Waals surface area contributed by atoms with Crippen LogP contribution in [0.3, 0.4) is 0 Å². The van der Waals surface area contributed by atoms with E-state index in [2.05, 4.69) is 16.7 Å². The summed E-state index contributed by atoms with van der Waals surface area (Å²) in [6.45, 7) is 0.303. The second kappa shape index (κ2) is 7.58.